The van der Waals surface area contributed by atoms with Gasteiger partial charge in [-0.2, -0.15) is 0 Å². The lowest BCUT2D eigenvalue weighted by Gasteiger charge is -2.36. The van der Waals surface area contributed by atoms with Crippen molar-refractivity contribution in [3.05, 3.63) is 125 Å². The molecule has 0 radical (unpaired) electrons. The van der Waals surface area contributed by atoms with Crippen LogP contribution in [0.1, 0.15) is 70.7 Å². The molecule has 0 aromatic heterocycles. The van der Waals surface area contributed by atoms with Crippen LogP contribution in [-0.4, -0.2) is 39.9 Å². The number of para-hydroxylation sites is 2. The first-order valence-electron chi connectivity index (χ1n) is 15.7. The molecular weight excluding hydrogens is 630 g/mol. The predicted octanol–water partition coefficient (Wildman–Crippen LogP) is 6.22. The minimum absolute atomic E-state index is 0.0472. The van der Waals surface area contributed by atoms with Gasteiger partial charge in [0.15, 0.2) is 6.29 Å². The molecule has 4 aromatic carbocycles. The molecule has 1 aliphatic rings. The molecule has 250 valence electrons. The number of nitrogens with one attached hydrogen (secondary N) is 2. The predicted molar refractivity (Wildman–Crippen MR) is 184 cm³/mol. The second-order valence-corrected chi connectivity index (χ2v) is 12.5. The van der Waals surface area contributed by atoms with Crippen LogP contribution in [0, 0.1) is 0 Å². The van der Waals surface area contributed by atoms with Crippen molar-refractivity contribution in [2.45, 2.75) is 62.2 Å². The van der Waals surface area contributed by atoms with Crippen LogP contribution in [0.4, 0.5) is 11.4 Å². The molecule has 1 fully saturated rings. The lowest BCUT2D eigenvalue weighted by Crippen LogP contribution is -2.31. The molecule has 0 saturated carbocycles. The minimum atomic E-state index is -0.973. The molecule has 3 atom stereocenters. The van der Waals surface area contributed by atoms with Gasteiger partial charge < -0.3 is 36.1 Å². The second-order valence-electron chi connectivity index (χ2n) is 11.5. The number of benzene rings is 4. The fourth-order valence-electron chi connectivity index (χ4n) is 5.29. The topological polar surface area (TPSA) is 160 Å². The van der Waals surface area contributed by atoms with Crippen molar-refractivity contribution < 1.29 is 34.1 Å². The standard InChI is InChI=1S/C37H39N3O7S/c38-30-7-2-3-8-31(30)40-35(43)11-5-10-34(42)39-21-24-12-18-27(19-13-24)37-46-28(23-48-33-9-4-1-6-29(33)36(44)45)20-32(47-37)26-16-14-25(22-41)15-17-26/h1-4,6-9,12-19,28,32,37,41H,5,10-11,20-23,38H2,(H,39,42)(H,40,43)(H,44,45)/t28-,32+,37+/m0/s1. The number of carboxylic acids is 1. The number of rotatable bonds is 14. The molecule has 0 bridgehead atoms. The Bertz CT molecular complexity index is 1700. The number of carbonyl (C=O) groups is 3. The largest absolute Gasteiger partial charge is 0.478 e. The third-order valence-electron chi connectivity index (χ3n) is 7.94. The molecule has 1 heterocycles. The summed E-state index contributed by atoms with van der Waals surface area (Å²) in [5.41, 5.74) is 10.6. The minimum Gasteiger partial charge on any atom is -0.478 e. The number of hydrogen-bond donors (Lipinski definition) is 5. The van der Waals surface area contributed by atoms with Gasteiger partial charge in [0.1, 0.15) is 0 Å². The van der Waals surface area contributed by atoms with Gasteiger partial charge in [-0.1, -0.05) is 72.8 Å². The normalized spacial score (nSPS) is 17.4. The van der Waals surface area contributed by atoms with Crippen molar-refractivity contribution in [1.29, 1.82) is 0 Å². The number of carboxylic acid groups (broad SMARTS) is 1. The van der Waals surface area contributed by atoms with Crippen LogP contribution in [0.5, 0.6) is 0 Å². The fourth-order valence-corrected chi connectivity index (χ4v) is 6.36. The zero-order valence-corrected chi connectivity index (χ0v) is 27.2. The summed E-state index contributed by atoms with van der Waals surface area (Å²) in [5, 5.41) is 24.8. The summed E-state index contributed by atoms with van der Waals surface area (Å²) in [6, 6.07) is 29.2. The number of hydrogen-bond acceptors (Lipinski definition) is 8. The van der Waals surface area contributed by atoms with Gasteiger partial charge in [0.2, 0.25) is 11.8 Å². The molecular formula is C37H39N3O7S. The Morgan fingerprint density at radius 2 is 1.48 bits per heavy atom. The van der Waals surface area contributed by atoms with E-state index in [1.165, 1.54) is 11.8 Å². The molecule has 6 N–H and O–H groups in total. The van der Waals surface area contributed by atoms with Gasteiger partial charge in [0.25, 0.3) is 0 Å². The first-order chi connectivity index (χ1) is 23.3. The quantitative estimate of drug-likeness (QED) is 0.0776. The highest BCUT2D eigenvalue weighted by Gasteiger charge is 2.32. The third-order valence-corrected chi connectivity index (χ3v) is 9.15. The van der Waals surface area contributed by atoms with Gasteiger partial charge in [-0.3, -0.25) is 9.59 Å². The average Bonchev–Trinajstić information content (AvgIpc) is 3.11. The van der Waals surface area contributed by atoms with E-state index in [9.17, 15) is 24.6 Å². The highest BCUT2D eigenvalue weighted by Crippen LogP contribution is 2.40. The summed E-state index contributed by atoms with van der Waals surface area (Å²) in [6.45, 7) is 0.286. The average molecular weight is 670 g/mol. The summed E-state index contributed by atoms with van der Waals surface area (Å²) in [7, 11) is 0. The van der Waals surface area contributed by atoms with Crippen molar-refractivity contribution in [1.82, 2.24) is 5.32 Å². The van der Waals surface area contributed by atoms with Crippen LogP contribution in [0.3, 0.4) is 0 Å². The maximum Gasteiger partial charge on any atom is 0.336 e. The number of anilines is 2. The number of aromatic carboxylic acids is 1. The Morgan fingerprint density at radius 3 is 2.21 bits per heavy atom. The molecule has 5 rings (SSSR count). The summed E-state index contributed by atoms with van der Waals surface area (Å²) >= 11 is 1.44. The molecule has 11 heteroatoms. The van der Waals surface area contributed by atoms with Crippen LogP contribution in [0.25, 0.3) is 0 Å². The summed E-state index contributed by atoms with van der Waals surface area (Å²) in [6.07, 6.45) is 0.232. The fraction of sp³-hybridized carbons (Fsp3) is 0.270. The zero-order valence-electron chi connectivity index (χ0n) is 26.3. The number of amides is 2. The molecule has 2 amide bonds. The van der Waals surface area contributed by atoms with E-state index in [1.807, 2.05) is 54.6 Å². The number of nitrogens with two attached hydrogens (primary N) is 1. The Labute approximate surface area is 283 Å². The molecule has 0 aliphatic carbocycles. The van der Waals surface area contributed by atoms with E-state index >= 15 is 0 Å². The lowest BCUT2D eigenvalue weighted by molar-refractivity contribution is -0.245. The number of aliphatic hydroxyl groups excluding tert-OH is 1. The van der Waals surface area contributed by atoms with E-state index in [1.54, 1.807) is 42.5 Å². The SMILES string of the molecule is Nc1ccccc1NC(=O)CCCC(=O)NCc1ccc([C@@H]2O[C@H](CSc3ccccc3C(=O)O)C[C@H](c3ccc(CO)cc3)O2)cc1. The van der Waals surface area contributed by atoms with Crippen LogP contribution in [0.2, 0.25) is 0 Å². The van der Waals surface area contributed by atoms with E-state index in [2.05, 4.69) is 10.6 Å². The maximum atomic E-state index is 12.4. The second kappa shape index (κ2) is 16.9. The number of ether oxygens (including phenoxy) is 2. The lowest BCUT2D eigenvalue weighted by atomic mass is 10.0. The van der Waals surface area contributed by atoms with E-state index in [-0.39, 0.29) is 49.0 Å². The third kappa shape index (κ3) is 9.68. The van der Waals surface area contributed by atoms with Gasteiger partial charge in [-0.25, -0.2) is 4.79 Å². The molecule has 0 unspecified atom stereocenters. The number of aliphatic hydroxyl groups is 1. The Hall–Kier alpha value is -4.68. The van der Waals surface area contributed by atoms with Crippen molar-refractivity contribution in [3.63, 3.8) is 0 Å². The smallest absolute Gasteiger partial charge is 0.336 e. The maximum absolute atomic E-state index is 12.4. The first kappa shape index (κ1) is 34.6. The Balaban J connectivity index is 1.16. The van der Waals surface area contributed by atoms with E-state index in [0.29, 0.717) is 41.4 Å². The first-order valence-corrected chi connectivity index (χ1v) is 16.7. The molecule has 4 aromatic rings. The monoisotopic (exact) mass is 669 g/mol. The molecule has 48 heavy (non-hydrogen) atoms. The van der Waals surface area contributed by atoms with Crippen LogP contribution in [-0.2, 0) is 32.2 Å². The molecule has 1 aliphatic heterocycles. The molecule has 1 saturated heterocycles. The summed E-state index contributed by atoms with van der Waals surface area (Å²) in [4.78, 5) is 37.1. The van der Waals surface area contributed by atoms with E-state index < -0.39 is 12.3 Å². The summed E-state index contributed by atoms with van der Waals surface area (Å²) in [5.74, 6) is -0.788. The van der Waals surface area contributed by atoms with E-state index in [4.69, 9.17) is 15.2 Å². The van der Waals surface area contributed by atoms with Gasteiger partial charge in [-0.15, -0.1) is 11.8 Å². The van der Waals surface area contributed by atoms with Crippen LogP contribution >= 0.6 is 11.8 Å². The summed E-state index contributed by atoms with van der Waals surface area (Å²) < 4.78 is 12.8. The zero-order chi connectivity index (χ0) is 33.9. The van der Waals surface area contributed by atoms with E-state index in [0.717, 1.165) is 22.3 Å². The number of carbonyl (C=O) groups excluding carboxylic acids is 2. The molecule has 10 nitrogen and oxygen atoms in total. The highest BCUT2D eigenvalue weighted by molar-refractivity contribution is 7.99. The molecule has 0 spiro atoms. The highest BCUT2D eigenvalue weighted by atomic mass is 32.2. The van der Waals surface area contributed by atoms with Crippen LogP contribution in [0.15, 0.2) is 102 Å². The van der Waals surface area contributed by atoms with Crippen molar-refractivity contribution in [2.24, 2.45) is 0 Å². The van der Waals surface area contributed by atoms with Gasteiger partial charge in [0, 0.05) is 42.0 Å². The van der Waals surface area contributed by atoms with Crippen LogP contribution < -0.4 is 16.4 Å². The Kier molecular flexibility index (Phi) is 12.2. The number of thioether (sulfide) groups is 1. The van der Waals surface area contributed by atoms with Crippen molar-refractivity contribution in [2.75, 3.05) is 16.8 Å². The van der Waals surface area contributed by atoms with Gasteiger partial charge in [0.05, 0.1) is 35.8 Å². The number of nitrogen functional groups attached to an aromatic ring is 1. The van der Waals surface area contributed by atoms with Crippen molar-refractivity contribution in [3.8, 4) is 0 Å². The van der Waals surface area contributed by atoms with Crippen molar-refractivity contribution >= 4 is 40.9 Å². The van der Waals surface area contributed by atoms with Gasteiger partial charge in [-0.05, 0) is 47.4 Å². The Morgan fingerprint density at radius 1 is 0.812 bits per heavy atom. The van der Waals surface area contributed by atoms with Gasteiger partial charge >= 0.3 is 5.97 Å².